The molecule has 4 atom stereocenters. The molecule has 2 aliphatic heterocycles. The van der Waals surface area contributed by atoms with Crippen molar-refractivity contribution in [2.45, 2.75) is 30.3 Å². The molecule has 76 valence electrons. The topological polar surface area (TPSA) is 40.9 Å². The molecule has 1 N–H and O–H groups in total. The smallest absolute Gasteiger partial charge is 0.124 e. The van der Waals surface area contributed by atoms with E-state index < -0.39 is 0 Å². The molecule has 14 heavy (non-hydrogen) atoms. The molecule has 2 aliphatic rings. The number of fused-ring (bicyclic) bond motifs is 2. The van der Waals surface area contributed by atoms with E-state index in [0.717, 1.165) is 24.7 Å². The second kappa shape index (κ2) is 3.54. The van der Waals surface area contributed by atoms with E-state index in [2.05, 4.69) is 6.58 Å². The van der Waals surface area contributed by atoms with Crippen molar-refractivity contribution in [1.29, 1.82) is 5.41 Å². The molecule has 3 heteroatoms. The second-order valence-electron chi connectivity index (χ2n) is 4.28. The predicted molar refractivity (Wildman–Crippen MR) is 60.0 cm³/mol. The molecule has 0 aromatic heterocycles. The van der Waals surface area contributed by atoms with E-state index in [4.69, 9.17) is 5.41 Å². The molecule has 4 unspecified atom stereocenters. The average molecular weight is 209 g/mol. The van der Waals surface area contributed by atoms with Gasteiger partial charge in [-0.15, -0.1) is 0 Å². The van der Waals surface area contributed by atoms with Crippen molar-refractivity contribution >= 4 is 23.8 Å². The van der Waals surface area contributed by atoms with Crippen LogP contribution in [0.3, 0.4) is 0 Å². The predicted octanol–water partition coefficient (Wildman–Crippen LogP) is 2.29. The minimum atomic E-state index is 0.249. The van der Waals surface area contributed by atoms with Crippen LogP contribution in [0.15, 0.2) is 12.2 Å². The average Bonchev–Trinajstić information content (AvgIpc) is 2.74. The first-order valence-electron chi connectivity index (χ1n) is 4.98. The van der Waals surface area contributed by atoms with E-state index in [-0.39, 0.29) is 5.92 Å². The monoisotopic (exact) mass is 209 g/mol. The number of carbonyl (C=O) groups excluding carboxylic acids is 1. The number of aldehydes is 1. The van der Waals surface area contributed by atoms with Crippen molar-refractivity contribution in [3.63, 3.8) is 0 Å². The lowest BCUT2D eigenvalue weighted by molar-refractivity contribution is -0.111. The van der Waals surface area contributed by atoms with Crippen LogP contribution in [-0.4, -0.2) is 22.5 Å². The van der Waals surface area contributed by atoms with Gasteiger partial charge in [0.2, 0.25) is 0 Å². The number of hydrogen-bond donors (Lipinski definition) is 1. The summed E-state index contributed by atoms with van der Waals surface area (Å²) < 4.78 is 0. The van der Waals surface area contributed by atoms with Gasteiger partial charge in [-0.3, -0.25) is 0 Å². The fourth-order valence-corrected chi connectivity index (χ4v) is 4.37. The Morgan fingerprint density at radius 1 is 1.50 bits per heavy atom. The quantitative estimate of drug-likeness (QED) is 0.572. The van der Waals surface area contributed by atoms with E-state index in [1.807, 2.05) is 18.7 Å². The lowest BCUT2D eigenvalue weighted by Gasteiger charge is -2.24. The molecule has 2 bridgehead atoms. The van der Waals surface area contributed by atoms with Crippen LogP contribution in [0.1, 0.15) is 19.8 Å². The molecule has 2 fully saturated rings. The molecule has 2 nitrogen and oxygen atoms in total. The maximum Gasteiger partial charge on any atom is 0.124 e. The van der Waals surface area contributed by atoms with E-state index >= 15 is 0 Å². The first kappa shape index (κ1) is 9.97. The summed E-state index contributed by atoms with van der Waals surface area (Å²) in [4.78, 5) is 10.7. The third-order valence-electron chi connectivity index (χ3n) is 3.27. The van der Waals surface area contributed by atoms with Crippen LogP contribution < -0.4 is 0 Å². The van der Waals surface area contributed by atoms with Crippen molar-refractivity contribution in [3.8, 4) is 0 Å². The first-order valence-corrected chi connectivity index (χ1v) is 5.93. The molecule has 0 aromatic rings. The number of rotatable bonds is 3. The molecule has 0 amide bonds. The Bertz CT molecular complexity index is 300. The highest BCUT2D eigenvalue weighted by molar-refractivity contribution is 8.01. The zero-order chi connectivity index (χ0) is 10.3. The number of hydrogen-bond acceptors (Lipinski definition) is 3. The molecular weight excluding hydrogens is 194 g/mol. The van der Waals surface area contributed by atoms with Gasteiger partial charge in [-0.25, -0.2) is 0 Å². The van der Waals surface area contributed by atoms with Crippen molar-refractivity contribution in [3.05, 3.63) is 12.2 Å². The van der Waals surface area contributed by atoms with Crippen molar-refractivity contribution in [1.82, 2.24) is 0 Å². The van der Waals surface area contributed by atoms with Crippen molar-refractivity contribution in [2.75, 3.05) is 0 Å². The van der Waals surface area contributed by atoms with E-state index in [0.29, 0.717) is 22.1 Å². The molecule has 2 rings (SSSR count). The SMILES string of the molecule is C=C(C)C(=N)C1CC2SC1CC2C=O. The summed E-state index contributed by atoms with van der Waals surface area (Å²) in [5, 5.41) is 8.89. The Labute approximate surface area is 88.7 Å². The Balaban J connectivity index is 2.06. The summed E-state index contributed by atoms with van der Waals surface area (Å²) in [6.45, 7) is 5.72. The number of thioether (sulfide) groups is 1. The third kappa shape index (κ3) is 1.44. The molecule has 0 aliphatic carbocycles. The van der Waals surface area contributed by atoms with E-state index in [1.54, 1.807) is 0 Å². The Morgan fingerprint density at radius 3 is 2.64 bits per heavy atom. The number of carbonyl (C=O) groups is 1. The Hall–Kier alpha value is -0.570. The van der Waals surface area contributed by atoms with Crippen LogP contribution in [0.2, 0.25) is 0 Å². The van der Waals surface area contributed by atoms with Crippen LogP contribution in [0, 0.1) is 17.2 Å². The molecule has 0 radical (unpaired) electrons. The second-order valence-corrected chi connectivity index (χ2v) is 5.77. The van der Waals surface area contributed by atoms with Gasteiger partial charge in [-0.05, 0) is 25.3 Å². The lowest BCUT2D eigenvalue weighted by atomic mass is 9.79. The lowest BCUT2D eigenvalue weighted by Crippen LogP contribution is -2.29. The molecule has 0 aromatic carbocycles. The summed E-state index contributed by atoms with van der Waals surface area (Å²) in [6, 6.07) is 0. The van der Waals surface area contributed by atoms with Crippen LogP contribution >= 0.6 is 11.8 Å². The summed E-state index contributed by atoms with van der Waals surface area (Å²) >= 11 is 1.90. The van der Waals surface area contributed by atoms with Crippen LogP contribution in [-0.2, 0) is 4.79 Å². The zero-order valence-electron chi connectivity index (χ0n) is 8.32. The van der Waals surface area contributed by atoms with Crippen LogP contribution in [0.25, 0.3) is 0 Å². The fraction of sp³-hybridized carbons (Fsp3) is 0.636. The van der Waals surface area contributed by atoms with Gasteiger partial charge in [-0.2, -0.15) is 11.8 Å². The van der Waals surface area contributed by atoms with Gasteiger partial charge in [0.05, 0.1) is 0 Å². The van der Waals surface area contributed by atoms with Gasteiger partial charge < -0.3 is 10.2 Å². The molecule has 2 saturated heterocycles. The highest BCUT2D eigenvalue weighted by atomic mass is 32.2. The summed E-state index contributed by atoms with van der Waals surface area (Å²) in [6.07, 6.45) is 3.07. The minimum absolute atomic E-state index is 0.249. The summed E-state index contributed by atoms with van der Waals surface area (Å²) in [5.41, 5.74) is 1.58. The number of allylic oxidation sites excluding steroid dienone is 1. The zero-order valence-corrected chi connectivity index (χ0v) is 9.14. The van der Waals surface area contributed by atoms with Gasteiger partial charge in [0.25, 0.3) is 0 Å². The minimum Gasteiger partial charge on any atom is -0.305 e. The largest absolute Gasteiger partial charge is 0.305 e. The van der Waals surface area contributed by atoms with Gasteiger partial charge in [0.1, 0.15) is 6.29 Å². The maximum absolute atomic E-state index is 10.7. The highest BCUT2D eigenvalue weighted by Gasteiger charge is 2.47. The van der Waals surface area contributed by atoms with Crippen LogP contribution in [0.5, 0.6) is 0 Å². The Morgan fingerprint density at radius 2 is 2.21 bits per heavy atom. The van der Waals surface area contributed by atoms with Gasteiger partial charge in [-0.1, -0.05) is 6.58 Å². The summed E-state index contributed by atoms with van der Waals surface area (Å²) in [7, 11) is 0. The van der Waals surface area contributed by atoms with E-state index in [9.17, 15) is 4.79 Å². The third-order valence-corrected chi connectivity index (χ3v) is 5.03. The highest BCUT2D eigenvalue weighted by Crippen LogP contribution is 2.52. The fourth-order valence-electron chi connectivity index (χ4n) is 2.46. The molecule has 0 spiro atoms. The van der Waals surface area contributed by atoms with Crippen molar-refractivity contribution < 1.29 is 4.79 Å². The normalized spacial score (nSPS) is 39.8. The molecule has 2 heterocycles. The van der Waals surface area contributed by atoms with Gasteiger partial charge >= 0.3 is 0 Å². The Kier molecular flexibility index (Phi) is 2.52. The molecule has 0 saturated carbocycles. The van der Waals surface area contributed by atoms with Gasteiger partial charge in [0, 0.05) is 28.0 Å². The van der Waals surface area contributed by atoms with E-state index in [1.165, 1.54) is 0 Å². The first-order chi connectivity index (χ1) is 6.63. The standard InChI is InChI=1S/C11H15NOS/c1-6(2)11(12)8-4-9-7(5-13)3-10(8)14-9/h5,7-10,12H,1,3-4H2,2H3. The van der Waals surface area contributed by atoms with Crippen LogP contribution in [0.4, 0.5) is 0 Å². The van der Waals surface area contributed by atoms with Gasteiger partial charge in [0.15, 0.2) is 0 Å². The number of nitrogens with one attached hydrogen (secondary N) is 1. The maximum atomic E-state index is 10.7. The van der Waals surface area contributed by atoms with Crippen molar-refractivity contribution in [2.24, 2.45) is 11.8 Å². The molecular formula is C11H15NOS. The summed E-state index contributed by atoms with van der Waals surface area (Å²) in [5.74, 6) is 0.609.